The molecule has 0 spiro atoms. The summed E-state index contributed by atoms with van der Waals surface area (Å²) in [4.78, 5) is 22.9. The molecular formula is C14H17NO5. The fourth-order valence-corrected chi connectivity index (χ4v) is 1.83. The minimum absolute atomic E-state index is 0.239. The molecule has 1 atom stereocenters. The average molecular weight is 279 g/mol. The molecule has 1 aliphatic rings. The maximum absolute atomic E-state index is 11.5. The zero-order valence-corrected chi connectivity index (χ0v) is 11.6. The van der Waals surface area contributed by atoms with Gasteiger partial charge in [0.2, 0.25) is 6.29 Å². The summed E-state index contributed by atoms with van der Waals surface area (Å²) in [5, 5.41) is 12.2. The third kappa shape index (κ3) is 3.27. The van der Waals surface area contributed by atoms with Crippen LogP contribution in [-0.4, -0.2) is 22.8 Å². The van der Waals surface area contributed by atoms with Crippen molar-refractivity contribution in [1.82, 2.24) is 5.32 Å². The van der Waals surface area contributed by atoms with Crippen LogP contribution in [0.5, 0.6) is 0 Å². The molecule has 0 fully saturated rings. The Kier molecular flexibility index (Phi) is 3.67. The molecule has 20 heavy (non-hydrogen) atoms. The molecular weight excluding hydrogens is 262 g/mol. The molecule has 0 radical (unpaired) electrons. The zero-order valence-electron chi connectivity index (χ0n) is 11.6. The molecule has 1 aromatic carbocycles. The van der Waals surface area contributed by atoms with Gasteiger partial charge in [0.15, 0.2) is 0 Å². The van der Waals surface area contributed by atoms with Crippen molar-refractivity contribution in [1.29, 1.82) is 0 Å². The van der Waals surface area contributed by atoms with E-state index < -0.39 is 24.0 Å². The van der Waals surface area contributed by atoms with E-state index in [0.29, 0.717) is 11.1 Å². The van der Waals surface area contributed by atoms with E-state index in [2.05, 4.69) is 10.1 Å². The van der Waals surface area contributed by atoms with E-state index in [4.69, 9.17) is 4.74 Å². The molecule has 1 amide bonds. The van der Waals surface area contributed by atoms with Gasteiger partial charge in [-0.2, -0.15) is 0 Å². The standard InChI is InChI=1S/C14H17NO5/c1-14(2,3)20-13(18)15-7-8-4-5-9-10(6-8)12(17)19-11(9)16/h4-6,12,17H,7H2,1-3H3,(H,15,18). The molecule has 6 heteroatoms. The third-order valence-corrected chi connectivity index (χ3v) is 2.66. The number of esters is 1. The van der Waals surface area contributed by atoms with E-state index in [0.717, 1.165) is 5.56 Å². The average Bonchev–Trinajstić information content (AvgIpc) is 2.60. The normalized spacial score (nSPS) is 17.4. The minimum atomic E-state index is -1.24. The Morgan fingerprint density at radius 1 is 1.45 bits per heavy atom. The van der Waals surface area contributed by atoms with E-state index in [1.54, 1.807) is 39.0 Å². The molecule has 108 valence electrons. The number of amides is 1. The van der Waals surface area contributed by atoms with Crippen molar-refractivity contribution in [2.75, 3.05) is 0 Å². The monoisotopic (exact) mass is 279 g/mol. The van der Waals surface area contributed by atoms with Gasteiger partial charge in [-0.3, -0.25) is 0 Å². The summed E-state index contributed by atoms with van der Waals surface area (Å²) in [5.74, 6) is -0.542. The lowest BCUT2D eigenvalue weighted by Gasteiger charge is -2.19. The number of ether oxygens (including phenoxy) is 2. The number of alkyl carbamates (subject to hydrolysis) is 1. The number of fused-ring (bicyclic) bond motifs is 1. The number of hydrogen-bond donors (Lipinski definition) is 2. The summed E-state index contributed by atoms with van der Waals surface area (Å²) in [6.07, 6.45) is -1.76. The number of carbonyl (C=O) groups excluding carboxylic acids is 2. The topological polar surface area (TPSA) is 84.9 Å². The van der Waals surface area contributed by atoms with Gasteiger partial charge < -0.3 is 19.9 Å². The summed E-state index contributed by atoms with van der Waals surface area (Å²) in [6.45, 7) is 5.58. The highest BCUT2D eigenvalue weighted by molar-refractivity contribution is 5.93. The molecule has 0 bridgehead atoms. The lowest BCUT2D eigenvalue weighted by Crippen LogP contribution is -2.32. The first-order valence-electron chi connectivity index (χ1n) is 6.25. The Morgan fingerprint density at radius 2 is 2.15 bits per heavy atom. The van der Waals surface area contributed by atoms with Crippen LogP contribution in [0.2, 0.25) is 0 Å². The van der Waals surface area contributed by atoms with Gasteiger partial charge in [0.25, 0.3) is 0 Å². The first-order chi connectivity index (χ1) is 9.26. The van der Waals surface area contributed by atoms with Crippen molar-refractivity contribution in [3.63, 3.8) is 0 Å². The molecule has 1 aliphatic heterocycles. The van der Waals surface area contributed by atoms with Crippen molar-refractivity contribution < 1.29 is 24.2 Å². The second-order valence-electron chi connectivity index (χ2n) is 5.53. The van der Waals surface area contributed by atoms with Gasteiger partial charge >= 0.3 is 12.1 Å². The number of aliphatic hydroxyl groups excluding tert-OH is 1. The third-order valence-electron chi connectivity index (χ3n) is 2.66. The maximum atomic E-state index is 11.5. The highest BCUT2D eigenvalue weighted by Gasteiger charge is 2.29. The van der Waals surface area contributed by atoms with Crippen molar-refractivity contribution in [2.45, 2.75) is 39.2 Å². The molecule has 0 aliphatic carbocycles. The fraction of sp³-hybridized carbons (Fsp3) is 0.429. The van der Waals surface area contributed by atoms with Gasteiger partial charge in [0, 0.05) is 12.1 Å². The zero-order chi connectivity index (χ0) is 14.9. The Bertz CT molecular complexity index is 547. The van der Waals surface area contributed by atoms with Crippen molar-refractivity contribution in [2.24, 2.45) is 0 Å². The molecule has 6 nitrogen and oxygen atoms in total. The summed E-state index contributed by atoms with van der Waals surface area (Å²) in [5.41, 5.74) is 0.947. The van der Waals surface area contributed by atoms with Gasteiger partial charge in [-0.05, 0) is 38.5 Å². The van der Waals surface area contributed by atoms with Crippen LogP contribution in [-0.2, 0) is 16.0 Å². The summed E-state index contributed by atoms with van der Waals surface area (Å²) >= 11 is 0. The first kappa shape index (κ1) is 14.3. The van der Waals surface area contributed by atoms with Crippen LogP contribution in [0.15, 0.2) is 18.2 Å². The second kappa shape index (κ2) is 5.13. The van der Waals surface area contributed by atoms with Crippen LogP contribution >= 0.6 is 0 Å². The van der Waals surface area contributed by atoms with Crippen molar-refractivity contribution in [3.8, 4) is 0 Å². The Labute approximate surface area is 116 Å². The van der Waals surface area contributed by atoms with Gasteiger partial charge in [-0.25, -0.2) is 9.59 Å². The number of rotatable bonds is 2. The van der Waals surface area contributed by atoms with E-state index >= 15 is 0 Å². The fourth-order valence-electron chi connectivity index (χ4n) is 1.83. The van der Waals surface area contributed by atoms with E-state index in [-0.39, 0.29) is 6.54 Å². The van der Waals surface area contributed by atoms with Crippen LogP contribution < -0.4 is 5.32 Å². The predicted octanol–water partition coefficient (Wildman–Crippen LogP) is 1.87. The molecule has 1 heterocycles. The second-order valence-corrected chi connectivity index (χ2v) is 5.53. The lowest BCUT2D eigenvalue weighted by atomic mass is 10.1. The minimum Gasteiger partial charge on any atom is -0.444 e. The predicted molar refractivity (Wildman–Crippen MR) is 69.9 cm³/mol. The Morgan fingerprint density at radius 3 is 2.80 bits per heavy atom. The van der Waals surface area contributed by atoms with Gasteiger partial charge in [-0.15, -0.1) is 0 Å². The quantitative estimate of drug-likeness (QED) is 0.807. The molecule has 1 unspecified atom stereocenters. The van der Waals surface area contributed by atoms with Gasteiger partial charge in [-0.1, -0.05) is 6.07 Å². The van der Waals surface area contributed by atoms with E-state index in [1.165, 1.54) is 0 Å². The molecule has 2 N–H and O–H groups in total. The van der Waals surface area contributed by atoms with Crippen molar-refractivity contribution >= 4 is 12.1 Å². The van der Waals surface area contributed by atoms with Crippen LogP contribution in [0.4, 0.5) is 4.79 Å². The van der Waals surface area contributed by atoms with Gasteiger partial charge in [0.1, 0.15) is 5.60 Å². The highest BCUT2D eigenvalue weighted by atomic mass is 16.6. The van der Waals surface area contributed by atoms with Crippen molar-refractivity contribution in [3.05, 3.63) is 34.9 Å². The van der Waals surface area contributed by atoms with Crippen LogP contribution in [0.25, 0.3) is 0 Å². The first-order valence-corrected chi connectivity index (χ1v) is 6.25. The van der Waals surface area contributed by atoms with Crippen LogP contribution in [0.1, 0.15) is 48.5 Å². The number of cyclic esters (lactones) is 1. The highest BCUT2D eigenvalue weighted by Crippen LogP contribution is 2.29. The Balaban J connectivity index is 2.00. The van der Waals surface area contributed by atoms with E-state index in [9.17, 15) is 14.7 Å². The summed E-state index contributed by atoms with van der Waals surface area (Å²) in [6, 6.07) is 4.89. The maximum Gasteiger partial charge on any atom is 0.407 e. The van der Waals surface area contributed by atoms with Crippen LogP contribution in [0.3, 0.4) is 0 Å². The number of carbonyl (C=O) groups is 2. The number of benzene rings is 1. The Hall–Kier alpha value is -2.08. The number of aliphatic hydroxyl groups is 1. The molecule has 2 rings (SSSR count). The summed E-state index contributed by atoms with van der Waals surface area (Å²) < 4.78 is 9.79. The molecule has 0 aromatic heterocycles. The molecule has 1 aromatic rings. The molecule has 0 saturated carbocycles. The largest absolute Gasteiger partial charge is 0.444 e. The van der Waals surface area contributed by atoms with Crippen LogP contribution in [0, 0.1) is 0 Å². The lowest BCUT2D eigenvalue weighted by molar-refractivity contribution is -0.0548. The van der Waals surface area contributed by atoms with E-state index in [1.807, 2.05) is 0 Å². The summed E-state index contributed by atoms with van der Waals surface area (Å²) in [7, 11) is 0. The smallest absolute Gasteiger partial charge is 0.407 e. The molecule has 0 saturated heterocycles. The van der Waals surface area contributed by atoms with Gasteiger partial charge in [0.05, 0.1) is 5.56 Å². The number of nitrogens with one attached hydrogen (secondary N) is 1. The SMILES string of the molecule is CC(C)(C)OC(=O)NCc1ccc2c(c1)C(O)OC2=O. The number of hydrogen-bond acceptors (Lipinski definition) is 5.